The van der Waals surface area contributed by atoms with Crippen LogP contribution in [0.15, 0.2) is 54.7 Å². The number of rotatable bonds is 6. The van der Waals surface area contributed by atoms with Gasteiger partial charge in [-0.05, 0) is 35.2 Å². The average molecular weight is 364 g/mol. The van der Waals surface area contributed by atoms with Crippen molar-refractivity contribution >= 4 is 22.8 Å². The van der Waals surface area contributed by atoms with E-state index in [4.69, 9.17) is 4.74 Å². The number of amides is 1. The van der Waals surface area contributed by atoms with E-state index in [2.05, 4.69) is 24.1 Å². The van der Waals surface area contributed by atoms with Gasteiger partial charge < -0.3 is 15.0 Å². The lowest BCUT2D eigenvalue weighted by atomic mass is 10.0. The van der Waals surface area contributed by atoms with Crippen molar-refractivity contribution in [3.8, 4) is 0 Å². The fourth-order valence-corrected chi connectivity index (χ4v) is 3.12. The molecule has 0 spiro atoms. The van der Waals surface area contributed by atoms with E-state index in [1.54, 1.807) is 12.1 Å². The van der Waals surface area contributed by atoms with Crippen molar-refractivity contribution in [1.29, 1.82) is 0 Å². The number of nitrogens with one attached hydrogen (secondary N) is 2. The molecule has 2 aromatic carbocycles. The molecule has 0 aliphatic carbocycles. The number of esters is 1. The summed E-state index contributed by atoms with van der Waals surface area (Å²) in [5.41, 5.74) is 3.63. The molecule has 0 fully saturated rings. The van der Waals surface area contributed by atoms with E-state index in [9.17, 15) is 9.59 Å². The third-order valence-corrected chi connectivity index (χ3v) is 4.73. The number of ether oxygens (including phenoxy) is 1. The van der Waals surface area contributed by atoms with Crippen molar-refractivity contribution in [2.24, 2.45) is 0 Å². The Morgan fingerprint density at radius 3 is 2.44 bits per heavy atom. The Morgan fingerprint density at radius 2 is 1.78 bits per heavy atom. The summed E-state index contributed by atoms with van der Waals surface area (Å²) in [6.45, 7) is 4.20. The minimum atomic E-state index is -0.758. The predicted octanol–water partition coefficient (Wildman–Crippen LogP) is 3.81. The van der Waals surface area contributed by atoms with Crippen molar-refractivity contribution in [1.82, 2.24) is 10.3 Å². The van der Waals surface area contributed by atoms with Gasteiger partial charge in [-0.2, -0.15) is 0 Å². The molecule has 1 amide bonds. The van der Waals surface area contributed by atoms with Crippen molar-refractivity contribution < 1.29 is 14.3 Å². The number of fused-ring (bicyclic) bond motifs is 1. The molecule has 5 heteroatoms. The summed E-state index contributed by atoms with van der Waals surface area (Å²) in [6, 6.07) is 14.5. The van der Waals surface area contributed by atoms with Crippen molar-refractivity contribution in [2.75, 3.05) is 7.11 Å². The van der Waals surface area contributed by atoms with Crippen LogP contribution in [0.3, 0.4) is 0 Å². The molecular weight excluding hydrogens is 340 g/mol. The van der Waals surface area contributed by atoms with Crippen molar-refractivity contribution in [3.63, 3.8) is 0 Å². The van der Waals surface area contributed by atoms with Gasteiger partial charge in [0.25, 0.3) is 5.91 Å². The standard InChI is InChI=1S/C22H24N2O3/c1-14(2)15-8-10-16(11-9-15)21(25)24-20(22(26)27-3)12-17-13-23-19-7-5-4-6-18(17)19/h4-11,13-14,20,23H,12H2,1-3H3,(H,24,25)/t20-/m1/s1. The maximum Gasteiger partial charge on any atom is 0.328 e. The van der Waals surface area contributed by atoms with Gasteiger partial charge in [-0.25, -0.2) is 4.79 Å². The van der Waals surface area contributed by atoms with Gasteiger partial charge in [0, 0.05) is 29.1 Å². The van der Waals surface area contributed by atoms with E-state index in [0.29, 0.717) is 17.9 Å². The molecule has 0 radical (unpaired) electrons. The van der Waals surface area contributed by atoms with Crippen LogP contribution in [0, 0.1) is 0 Å². The summed E-state index contributed by atoms with van der Waals surface area (Å²) in [5.74, 6) is -0.361. The Kier molecular flexibility index (Phi) is 5.60. The topological polar surface area (TPSA) is 71.2 Å². The van der Waals surface area contributed by atoms with Gasteiger partial charge in [0.15, 0.2) is 0 Å². The highest BCUT2D eigenvalue weighted by atomic mass is 16.5. The van der Waals surface area contributed by atoms with Gasteiger partial charge in [-0.1, -0.05) is 44.2 Å². The third-order valence-electron chi connectivity index (χ3n) is 4.73. The number of carbonyl (C=O) groups excluding carboxylic acids is 2. The largest absolute Gasteiger partial charge is 0.467 e. The molecule has 27 heavy (non-hydrogen) atoms. The van der Waals surface area contributed by atoms with E-state index in [1.165, 1.54) is 7.11 Å². The highest BCUT2D eigenvalue weighted by molar-refractivity contribution is 5.97. The quantitative estimate of drug-likeness (QED) is 0.654. The Balaban J connectivity index is 1.78. The first-order chi connectivity index (χ1) is 13.0. The molecule has 1 atom stereocenters. The van der Waals surface area contributed by atoms with Crippen LogP contribution < -0.4 is 5.32 Å². The number of aromatic nitrogens is 1. The normalized spacial score (nSPS) is 12.1. The number of methoxy groups -OCH3 is 1. The fraction of sp³-hybridized carbons (Fsp3) is 0.273. The first-order valence-corrected chi connectivity index (χ1v) is 9.03. The lowest BCUT2D eigenvalue weighted by Crippen LogP contribution is -2.43. The Hall–Kier alpha value is -3.08. The molecule has 0 saturated heterocycles. The van der Waals surface area contributed by atoms with Gasteiger partial charge in [-0.15, -0.1) is 0 Å². The Bertz CT molecular complexity index is 942. The molecule has 1 aromatic heterocycles. The second-order valence-corrected chi connectivity index (χ2v) is 6.89. The summed E-state index contributed by atoms with van der Waals surface area (Å²) in [7, 11) is 1.33. The van der Waals surface area contributed by atoms with Crippen LogP contribution in [0.5, 0.6) is 0 Å². The van der Waals surface area contributed by atoms with Gasteiger partial charge in [-0.3, -0.25) is 4.79 Å². The summed E-state index contributed by atoms with van der Waals surface area (Å²) >= 11 is 0. The average Bonchev–Trinajstić information content (AvgIpc) is 3.09. The van der Waals surface area contributed by atoms with Crippen LogP contribution >= 0.6 is 0 Å². The number of para-hydroxylation sites is 1. The van der Waals surface area contributed by atoms with E-state index < -0.39 is 12.0 Å². The maximum absolute atomic E-state index is 12.6. The maximum atomic E-state index is 12.6. The molecule has 3 aromatic rings. The molecule has 0 bridgehead atoms. The lowest BCUT2D eigenvalue weighted by molar-refractivity contribution is -0.142. The molecule has 0 saturated carbocycles. The van der Waals surface area contributed by atoms with Crippen molar-refractivity contribution in [2.45, 2.75) is 32.2 Å². The second kappa shape index (κ2) is 8.08. The smallest absolute Gasteiger partial charge is 0.328 e. The van der Waals surface area contributed by atoms with E-state index in [0.717, 1.165) is 22.0 Å². The molecule has 3 rings (SSSR count). The third kappa shape index (κ3) is 4.19. The summed E-state index contributed by atoms with van der Waals surface area (Å²) in [4.78, 5) is 28.0. The Morgan fingerprint density at radius 1 is 1.07 bits per heavy atom. The van der Waals surface area contributed by atoms with E-state index in [-0.39, 0.29) is 5.91 Å². The van der Waals surface area contributed by atoms with E-state index >= 15 is 0 Å². The second-order valence-electron chi connectivity index (χ2n) is 6.89. The zero-order chi connectivity index (χ0) is 19.4. The highest BCUT2D eigenvalue weighted by Crippen LogP contribution is 2.20. The molecule has 0 aliphatic rings. The van der Waals surface area contributed by atoms with Crippen LogP contribution in [-0.4, -0.2) is 30.0 Å². The van der Waals surface area contributed by atoms with Crippen LogP contribution in [0.2, 0.25) is 0 Å². The molecule has 5 nitrogen and oxygen atoms in total. The number of carbonyl (C=O) groups is 2. The first kappa shape index (κ1) is 18.7. The van der Waals surface area contributed by atoms with Gasteiger partial charge in [0.1, 0.15) is 6.04 Å². The zero-order valence-corrected chi connectivity index (χ0v) is 15.8. The minimum Gasteiger partial charge on any atom is -0.467 e. The van der Waals surface area contributed by atoms with Gasteiger partial charge in [0.05, 0.1) is 7.11 Å². The monoisotopic (exact) mass is 364 g/mol. The summed E-state index contributed by atoms with van der Waals surface area (Å²) < 4.78 is 4.90. The summed E-state index contributed by atoms with van der Waals surface area (Å²) in [6.07, 6.45) is 2.22. The molecule has 2 N–H and O–H groups in total. The van der Waals surface area contributed by atoms with Crippen LogP contribution in [0.4, 0.5) is 0 Å². The van der Waals surface area contributed by atoms with Crippen LogP contribution in [0.1, 0.15) is 41.3 Å². The summed E-state index contributed by atoms with van der Waals surface area (Å²) in [5, 5.41) is 3.84. The van der Waals surface area contributed by atoms with Gasteiger partial charge >= 0.3 is 5.97 Å². The van der Waals surface area contributed by atoms with Crippen LogP contribution in [0.25, 0.3) is 10.9 Å². The van der Waals surface area contributed by atoms with E-state index in [1.807, 2.05) is 42.6 Å². The molecule has 0 unspecified atom stereocenters. The molecule has 0 aliphatic heterocycles. The number of aromatic amines is 1. The van der Waals surface area contributed by atoms with Crippen molar-refractivity contribution in [3.05, 3.63) is 71.4 Å². The number of benzene rings is 2. The van der Waals surface area contributed by atoms with Crippen LogP contribution in [-0.2, 0) is 16.0 Å². The molecular formula is C22H24N2O3. The fourth-order valence-electron chi connectivity index (χ4n) is 3.12. The Labute approximate surface area is 158 Å². The first-order valence-electron chi connectivity index (χ1n) is 9.03. The minimum absolute atomic E-state index is 0.291. The lowest BCUT2D eigenvalue weighted by Gasteiger charge is -2.16. The van der Waals surface area contributed by atoms with Gasteiger partial charge in [0.2, 0.25) is 0 Å². The molecule has 1 heterocycles. The SMILES string of the molecule is COC(=O)[C@@H](Cc1c[nH]c2ccccc12)NC(=O)c1ccc(C(C)C)cc1. The predicted molar refractivity (Wildman–Crippen MR) is 106 cm³/mol. The number of H-pyrrole nitrogens is 1. The number of hydrogen-bond donors (Lipinski definition) is 2. The zero-order valence-electron chi connectivity index (χ0n) is 15.8. The molecule has 140 valence electrons. The highest BCUT2D eigenvalue weighted by Gasteiger charge is 2.24. The number of hydrogen-bond acceptors (Lipinski definition) is 3.